The molecule has 210 valence electrons. The van der Waals surface area contributed by atoms with Crippen LogP contribution in [-0.4, -0.2) is 53.7 Å². The van der Waals surface area contributed by atoms with Crippen LogP contribution in [0, 0.1) is 0 Å². The van der Waals surface area contributed by atoms with Gasteiger partial charge >= 0.3 is 20.7 Å². The number of carbonyl (C=O) groups is 2. The molecule has 2 aromatic rings. The molecule has 2 rings (SSSR count). The van der Waals surface area contributed by atoms with Crippen molar-refractivity contribution < 1.29 is 32.3 Å². The summed E-state index contributed by atoms with van der Waals surface area (Å²) >= 11 is 0. The maximum atomic E-state index is 12.6. The Morgan fingerprint density at radius 2 is 1.45 bits per heavy atom. The van der Waals surface area contributed by atoms with Crippen LogP contribution in [0.1, 0.15) is 69.8 Å². The summed E-state index contributed by atoms with van der Waals surface area (Å²) in [5, 5.41) is 0. The summed E-state index contributed by atoms with van der Waals surface area (Å²) in [6.45, 7) is 13.5. The Hall–Kier alpha value is -2.72. The first-order chi connectivity index (χ1) is 18.4. The van der Waals surface area contributed by atoms with E-state index in [-0.39, 0.29) is 12.6 Å². The minimum atomic E-state index is -2.68. The predicted octanol–water partition coefficient (Wildman–Crippen LogP) is 6.01. The molecule has 0 aliphatic rings. The van der Waals surface area contributed by atoms with Gasteiger partial charge in [-0.3, -0.25) is 4.79 Å². The summed E-state index contributed by atoms with van der Waals surface area (Å²) in [7, 11) is -2.68. The van der Waals surface area contributed by atoms with Crippen molar-refractivity contribution in [2.45, 2.75) is 66.5 Å². The van der Waals surface area contributed by atoms with E-state index in [4.69, 9.17) is 22.8 Å². The first-order valence-electron chi connectivity index (χ1n) is 13.6. The van der Waals surface area contributed by atoms with E-state index >= 15 is 0 Å². The molecule has 0 bridgehead atoms. The van der Waals surface area contributed by atoms with E-state index < -0.39 is 14.8 Å². The van der Waals surface area contributed by atoms with Gasteiger partial charge in [0, 0.05) is 57.1 Å². The molecular weight excluding hydrogens is 502 g/mol. The molecule has 38 heavy (non-hydrogen) atoms. The molecule has 0 saturated heterocycles. The SMILES string of the molecule is CCO[Si](CCCCC(=O)OCc1ccc(C(=O)Oc2cccc(N(CC)CC)c2)cc1)(OCC)OCC. The highest BCUT2D eigenvalue weighted by molar-refractivity contribution is 6.60. The first-order valence-corrected chi connectivity index (χ1v) is 15.6. The van der Waals surface area contributed by atoms with Crippen molar-refractivity contribution >= 4 is 26.4 Å². The Balaban J connectivity index is 1.79. The molecule has 0 aliphatic carbocycles. The standard InChI is InChI=1S/C29H43NO7Si/c1-6-30(7-2)26-14-13-15-27(22-26)37-29(32)25-19-17-24(18-20-25)23-33-28(31)16-11-12-21-38(34-8-3,35-9-4)36-10-5/h13-15,17-20,22H,6-12,16,21,23H2,1-5H3. The highest BCUT2D eigenvalue weighted by atomic mass is 28.4. The molecule has 0 N–H and O–H groups in total. The minimum Gasteiger partial charge on any atom is -0.461 e. The van der Waals surface area contributed by atoms with Gasteiger partial charge < -0.3 is 27.7 Å². The molecule has 0 aromatic heterocycles. The van der Waals surface area contributed by atoms with Gasteiger partial charge in [0.2, 0.25) is 0 Å². The van der Waals surface area contributed by atoms with Crippen LogP contribution in [0.2, 0.25) is 6.04 Å². The van der Waals surface area contributed by atoms with Crippen molar-refractivity contribution in [3.05, 3.63) is 59.7 Å². The minimum absolute atomic E-state index is 0.148. The van der Waals surface area contributed by atoms with Gasteiger partial charge in [0.15, 0.2) is 0 Å². The largest absolute Gasteiger partial charge is 0.500 e. The number of anilines is 1. The highest BCUT2D eigenvalue weighted by Crippen LogP contribution is 2.23. The molecule has 0 saturated carbocycles. The number of carbonyl (C=O) groups excluding carboxylic acids is 2. The van der Waals surface area contributed by atoms with Crippen LogP contribution in [0.5, 0.6) is 5.75 Å². The zero-order valence-corrected chi connectivity index (χ0v) is 24.5. The third-order valence-electron chi connectivity index (χ3n) is 5.95. The van der Waals surface area contributed by atoms with Crippen LogP contribution in [0.3, 0.4) is 0 Å². The van der Waals surface area contributed by atoms with Gasteiger partial charge in [-0.15, -0.1) is 0 Å². The maximum Gasteiger partial charge on any atom is 0.500 e. The summed E-state index contributed by atoms with van der Waals surface area (Å²) in [5.74, 6) is -0.199. The zero-order chi connectivity index (χ0) is 27.8. The summed E-state index contributed by atoms with van der Waals surface area (Å²) in [6, 6.07) is 15.1. The Morgan fingerprint density at radius 3 is 2.03 bits per heavy atom. The maximum absolute atomic E-state index is 12.6. The number of esters is 2. The van der Waals surface area contributed by atoms with Crippen molar-refractivity contribution in [1.82, 2.24) is 0 Å². The Kier molecular flexibility index (Phi) is 14.1. The number of ether oxygens (including phenoxy) is 2. The number of rotatable bonds is 18. The Morgan fingerprint density at radius 1 is 0.816 bits per heavy atom. The van der Waals surface area contributed by atoms with Crippen molar-refractivity contribution in [3.8, 4) is 5.75 Å². The van der Waals surface area contributed by atoms with Crippen molar-refractivity contribution in [1.29, 1.82) is 0 Å². The highest BCUT2D eigenvalue weighted by Gasteiger charge is 2.39. The number of unbranched alkanes of at least 4 members (excludes halogenated alkanes) is 1. The lowest BCUT2D eigenvalue weighted by Gasteiger charge is -2.28. The van der Waals surface area contributed by atoms with E-state index in [2.05, 4.69) is 18.7 Å². The van der Waals surface area contributed by atoms with Gasteiger partial charge in [-0.2, -0.15) is 0 Å². The van der Waals surface area contributed by atoms with Gasteiger partial charge in [-0.25, -0.2) is 4.79 Å². The van der Waals surface area contributed by atoms with Crippen molar-refractivity contribution in [3.63, 3.8) is 0 Å². The number of benzene rings is 2. The van der Waals surface area contributed by atoms with E-state index in [1.807, 2.05) is 39.0 Å². The van der Waals surface area contributed by atoms with Crippen LogP contribution in [0.15, 0.2) is 48.5 Å². The monoisotopic (exact) mass is 545 g/mol. The topological polar surface area (TPSA) is 83.5 Å². The molecule has 8 nitrogen and oxygen atoms in total. The van der Waals surface area contributed by atoms with E-state index in [1.54, 1.807) is 30.3 Å². The lowest BCUT2D eigenvalue weighted by Crippen LogP contribution is -2.45. The number of hydrogen-bond donors (Lipinski definition) is 0. The van der Waals surface area contributed by atoms with E-state index in [0.29, 0.717) is 50.0 Å². The second kappa shape index (κ2) is 17.0. The van der Waals surface area contributed by atoms with Gasteiger partial charge in [0.1, 0.15) is 12.4 Å². The third-order valence-corrected chi connectivity index (χ3v) is 9.10. The normalized spacial score (nSPS) is 11.3. The van der Waals surface area contributed by atoms with Crippen LogP contribution in [-0.2, 0) is 29.4 Å². The molecule has 0 amide bonds. The van der Waals surface area contributed by atoms with Gasteiger partial charge in [0.25, 0.3) is 0 Å². The molecule has 9 heteroatoms. The lowest BCUT2D eigenvalue weighted by atomic mass is 10.1. The van der Waals surface area contributed by atoms with E-state index in [0.717, 1.165) is 30.8 Å². The average molecular weight is 546 g/mol. The molecule has 2 aromatic carbocycles. The van der Waals surface area contributed by atoms with Crippen LogP contribution >= 0.6 is 0 Å². The molecular formula is C29H43NO7Si. The molecule has 0 unspecified atom stereocenters. The Labute approximate surface area is 228 Å². The van der Waals surface area contributed by atoms with Crippen LogP contribution < -0.4 is 9.64 Å². The van der Waals surface area contributed by atoms with E-state index in [1.165, 1.54) is 0 Å². The smallest absolute Gasteiger partial charge is 0.461 e. The fourth-order valence-corrected chi connectivity index (χ4v) is 6.77. The summed E-state index contributed by atoms with van der Waals surface area (Å²) in [4.78, 5) is 27.0. The van der Waals surface area contributed by atoms with Gasteiger partial charge in [0.05, 0.1) is 5.56 Å². The average Bonchev–Trinajstić information content (AvgIpc) is 2.92. The molecule has 0 spiro atoms. The summed E-state index contributed by atoms with van der Waals surface area (Å²) in [6.07, 6.45) is 1.74. The van der Waals surface area contributed by atoms with Crippen LogP contribution in [0.4, 0.5) is 5.69 Å². The fraction of sp³-hybridized carbons (Fsp3) is 0.517. The molecule has 0 radical (unpaired) electrons. The van der Waals surface area contributed by atoms with Crippen LogP contribution in [0.25, 0.3) is 0 Å². The summed E-state index contributed by atoms with van der Waals surface area (Å²) in [5.41, 5.74) is 2.24. The number of hydrogen-bond acceptors (Lipinski definition) is 8. The van der Waals surface area contributed by atoms with Crippen molar-refractivity contribution in [2.24, 2.45) is 0 Å². The molecule has 0 heterocycles. The van der Waals surface area contributed by atoms with Crippen molar-refractivity contribution in [2.75, 3.05) is 37.8 Å². The quantitative estimate of drug-likeness (QED) is 0.0974. The molecule has 0 atom stereocenters. The molecule has 0 aliphatic heterocycles. The Bertz CT molecular complexity index is 962. The second-order valence-electron chi connectivity index (χ2n) is 8.61. The first kappa shape index (κ1) is 31.5. The van der Waals surface area contributed by atoms with Gasteiger partial charge in [-0.1, -0.05) is 18.2 Å². The number of nitrogens with zero attached hydrogens (tertiary/aromatic N) is 1. The predicted molar refractivity (Wildman–Crippen MR) is 150 cm³/mol. The third kappa shape index (κ3) is 10.2. The molecule has 0 fully saturated rings. The summed E-state index contributed by atoms with van der Waals surface area (Å²) < 4.78 is 28.5. The zero-order valence-electron chi connectivity index (χ0n) is 23.5. The fourth-order valence-electron chi connectivity index (χ4n) is 4.08. The van der Waals surface area contributed by atoms with E-state index in [9.17, 15) is 9.59 Å². The lowest BCUT2D eigenvalue weighted by molar-refractivity contribution is -0.145. The van der Waals surface area contributed by atoms with Gasteiger partial charge in [-0.05, 0) is 77.3 Å². The second-order valence-corrected chi connectivity index (χ2v) is 11.3.